The lowest BCUT2D eigenvalue weighted by Crippen LogP contribution is -2.51. The quantitative estimate of drug-likeness (QED) is 0.827. The highest BCUT2D eigenvalue weighted by Crippen LogP contribution is 2.42. The first-order valence-corrected chi connectivity index (χ1v) is 9.38. The van der Waals surface area contributed by atoms with Crippen LogP contribution in [0, 0.1) is 0 Å². The summed E-state index contributed by atoms with van der Waals surface area (Å²) in [7, 11) is 4.46. The summed E-state index contributed by atoms with van der Waals surface area (Å²) in [5.74, 6) is 0.970. The lowest BCUT2D eigenvalue weighted by Gasteiger charge is -2.48. The second-order valence-electron chi connectivity index (χ2n) is 7.26. The van der Waals surface area contributed by atoms with E-state index in [0.717, 1.165) is 44.7 Å². The number of ether oxygens (including phenoxy) is 2. The van der Waals surface area contributed by atoms with Crippen molar-refractivity contribution in [2.24, 2.45) is 0 Å². The summed E-state index contributed by atoms with van der Waals surface area (Å²) in [6.45, 7) is 6.75. The first-order chi connectivity index (χ1) is 11.7. The first-order valence-electron chi connectivity index (χ1n) is 9.38. The van der Waals surface area contributed by atoms with Crippen LogP contribution in [-0.4, -0.2) is 62.8 Å². The highest BCUT2D eigenvalue weighted by molar-refractivity contribution is 5.32. The fourth-order valence-corrected chi connectivity index (χ4v) is 4.41. The van der Waals surface area contributed by atoms with Crippen LogP contribution in [0.3, 0.4) is 0 Å². The van der Waals surface area contributed by atoms with Crippen LogP contribution in [0.25, 0.3) is 0 Å². The standard InChI is InChI=1S/C20H32N2O2/c1-4-24-19-7-5-17(6-8-19)20(21(2)3)11-9-18(10-12-20)22-13-15-23-16-14-22/h5-8,18H,4,9-16H2,1-3H3. The smallest absolute Gasteiger partial charge is 0.119 e. The zero-order chi connectivity index (χ0) is 17.0. The van der Waals surface area contributed by atoms with Gasteiger partial charge in [0.1, 0.15) is 5.75 Å². The molecule has 0 atom stereocenters. The van der Waals surface area contributed by atoms with Gasteiger partial charge in [-0.3, -0.25) is 9.80 Å². The van der Waals surface area contributed by atoms with E-state index in [1.807, 2.05) is 6.92 Å². The monoisotopic (exact) mass is 332 g/mol. The molecule has 0 spiro atoms. The number of morpholine rings is 1. The van der Waals surface area contributed by atoms with E-state index in [4.69, 9.17) is 9.47 Å². The number of nitrogens with zero attached hydrogens (tertiary/aromatic N) is 2. The third-order valence-electron chi connectivity index (χ3n) is 5.90. The Bertz CT molecular complexity index is 501. The molecule has 4 nitrogen and oxygen atoms in total. The number of hydrogen-bond acceptors (Lipinski definition) is 4. The maximum Gasteiger partial charge on any atom is 0.119 e. The van der Waals surface area contributed by atoms with Crippen LogP contribution >= 0.6 is 0 Å². The normalized spacial score (nSPS) is 28.9. The molecule has 1 saturated carbocycles. The lowest BCUT2D eigenvalue weighted by atomic mass is 9.73. The van der Waals surface area contributed by atoms with Gasteiger partial charge in [-0.2, -0.15) is 0 Å². The molecule has 0 aromatic heterocycles. The summed E-state index contributed by atoms with van der Waals surface area (Å²) in [6.07, 6.45) is 4.97. The van der Waals surface area contributed by atoms with Crippen molar-refractivity contribution in [3.63, 3.8) is 0 Å². The predicted molar refractivity (Wildman–Crippen MR) is 97.6 cm³/mol. The molecule has 0 amide bonds. The van der Waals surface area contributed by atoms with E-state index in [1.54, 1.807) is 0 Å². The summed E-state index contributed by atoms with van der Waals surface area (Å²) in [4.78, 5) is 5.07. The minimum absolute atomic E-state index is 0.160. The Labute approximate surface area is 146 Å². The van der Waals surface area contributed by atoms with Gasteiger partial charge in [-0.25, -0.2) is 0 Å². The minimum Gasteiger partial charge on any atom is -0.494 e. The predicted octanol–water partition coefficient (Wildman–Crippen LogP) is 3.12. The van der Waals surface area contributed by atoms with Gasteiger partial charge in [0, 0.05) is 24.7 Å². The van der Waals surface area contributed by atoms with Crippen molar-refractivity contribution >= 4 is 0 Å². The van der Waals surface area contributed by atoms with Crippen LogP contribution < -0.4 is 4.74 Å². The zero-order valence-corrected chi connectivity index (χ0v) is 15.5. The number of hydrogen-bond donors (Lipinski definition) is 0. The Hall–Kier alpha value is -1.10. The fourth-order valence-electron chi connectivity index (χ4n) is 4.41. The Morgan fingerprint density at radius 3 is 2.29 bits per heavy atom. The maximum absolute atomic E-state index is 5.61. The second kappa shape index (κ2) is 7.85. The van der Waals surface area contributed by atoms with Gasteiger partial charge >= 0.3 is 0 Å². The molecule has 2 aliphatic rings. The average Bonchev–Trinajstić information content (AvgIpc) is 2.63. The summed E-state index contributed by atoms with van der Waals surface area (Å²) in [5, 5.41) is 0. The van der Waals surface area contributed by atoms with Crippen molar-refractivity contribution in [2.75, 3.05) is 47.0 Å². The number of rotatable bonds is 5. The molecule has 1 aromatic carbocycles. The van der Waals surface area contributed by atoms with Crippen molar-refractivity contribution in [1.29, 1.82) is 0 Å². The van der Waals surface area contributed by atoms with Crippen LogP contribution in [0.1, 0.15) is 38.2 Å². The van der Waals surface area contributed by atoms with E-state index >= 15 is 0 Å². The highest BCUT2D eigenvalue weighted by atomic mass is 16.5. The molecule has 1 aliphatic heterocycles. The first kappa shape index (κ1) is 17.7. The molecule has 134 valence electrons. The van der Waals surface area contributed by atoms with Crippen LogP contribution in [0.5, 0.6) is 5.75 Å². The zero-order valence-electron chi connectivity index (χ0n) is 15.5. The van der Waals surface area contributed by atoms with Crippen molar-refractivity contribution in [1.82, 2.24) is 9.80 Å². The largest absolute Gasteiger partial charge is 0.494 e. The molecule has 1 aliphatic carbocycles. The molecular weight excluding hydrogens is 300 g/mol. The molecule has 1 aromatic rings. The SMILES string of the molecule is CCOc1ccc(C2(N(C)C)CCC(N3CCOCC3)CC2)cc1. The van der Waals surface area contributed by atoms with Gasteiger partial charge in [0.25, 0.3) is 0 Å². The molecule has 3 rings (SSSR count). The van der Waals surface area contributed by atoms with Crippen molar-refractivity contribution in [2.45, 2.75) is 44.2 Å². The summed E-state index contributed by atoms with van der Waals surface area (Å²) in [5.41, 5.74) is 1.59. The van der Waals surface area contributed by atoms with Crippen LogP contribution in [0.4, 0.5) is 0 Å². The van der Waals surface area contributed by atoms with Gasteiger partial charge in [-0.05, 0) is 64.4 Å². The molecular formula is C20H32N2O2. The molecule has 0 N–H and O–H groups in total. The third kappa shape index (κ3) is 3.61. The van der Waals surface area contributed by atoms with Crippen LogP contribution in [0.2, 0.25) is 0 Å². The summed E-state index contributed by atoms with van der Waals surface area (Å²) in [6, 6.07) is 9.50. The van der Waals surface area contributed by atoms with Crippen LogP contribution in [-0.2, 0) is 10.3 Å². The Balaban J connectivity index is 1.71. The average molecular weight is 332 g/mol. The lowest BCUT2D eigenvalue weighted by molar-refractivity contribution is -0.0112. The summed E-state index contributed by atoms with van der Waals surface area (Å²) >= 11 is 0. The molecule has 1 saturated heterocycles. The highest BCUT2D eigenvalue weighted by Gasteiger charge is 2.40. The maximum atomic E-state index is 5.61. The Morgan fingerprint density at radius 2 is 1.75 bits per heavy atom. The van der Waals surface area contributed by atoms with Gasteiger partial charge in [-0.1, -0.05) is 12.1 Å². The fraction of sp³-hybridized carbons (Fsp3) is 0.700. The molecule has 4 heteroatoms. The van der Waals surface area contributed by atoms with Gasteiger partial charge in [-0.15, -0.1) is 0 Å². The van der Waals surface area contributed by atoms with Crippen molar-refractivity contribution in [3.05, 3.63) is 29.8 Å². The van der Waals surface area contributed by atoms with Gasteiger partial charge in [0.2, 0.25) is 0 Å². The van der Waals surface area contributed by atoms with Crippen LogP contribution in [0.15, 0.2) is 24.3 Å². The van der Waals surface area contributed by atoms with Crippen molar-refractivity contribution in [3.8, 4) is 5.75 Å². The van der Waals surface area contributed by atoms with E-state index in [0.29, 0.717) is 0 Å². The van der Waals surface area contributed by atoms with Gasteiger partial charge in [0.15, 0.2) is 0 Å². The van der Waals surface area contributed by atoms with Crippen molar-refractivity contribution < 1.29 is 9.47 Å². The molecule has 1 heterocycles. The second-order valence-corrected chi connectivity index (χ2v) is 7.26. The Kier molecular flexibility index (Phi) is 5.80. The van der Waals surface area contributed by atoms with Gasteiger partial charge < -0.3 is 9.47 Å². The molecule has 0 unspecified atom stereocenters. The minimum atomic E-state index is 0.160. The van der Waals surface area contributed by atoms with E-state index in [9.17, 15) is 0 Å². The molecule has 2 fully saturated rings. The Morgan fingerprint density at radius 1 is 1.12 bits per heavy atom. The molecule has 24 heavy (non-hydrogen) atoms. The van der Waals surface area contributed by atoms with E-state index in [-0.39, 0.29) is 5.54 Å². The topological polar surface area (TPSA) is 24.9 Å². The third-order valence-corrected chi connectivity index (χ3v) is 5.90. The molecule has 0 radical (unpaired) electrons. The van der Waals surface area contributed by atoms with E-state index in [2.05, 4.69) is 48.2 Å². The van der Waals surface area contributed by atoms with E-state index < -0.39 is 0 Å². The molecule has 0 bridgehead atoms. The summed E-state index contributed by atoms with van der Waals surface area (Å²) < 4.78 is 11.1. The van der Waals surface area contributed by atoms with Gasteiger partial charge in [0.05, 0.1) is 19.8 Å². The van der Waals surface area contributed by atoms with E-state index in [1.165, 1.54) is 31.2 Å². The number of benzene rings is 1.